The summed E-state index contributed by atoms with van der Waals surface area (Å²) in [5, 5.41) is 17.9. The molecule has 5 rings (SSSR count). The molecule has 14 heteroatoms. The van der Waals surface area contributed by atoms with Gasteiger partial charge in [-0.2, -0.15) is 18.2 Å². The second kappa shape index (κ2) is 11.9. The number of alkyl halides is 3. The van der Waals surface area contributed by atoms with Crippen molar-refractivity contribution in [3.05, 3.63) is 51.5 Å². The van der Waals surface area contributed by atoms with E-state index in [0.717, 1.165) is 12.5 Å². The van der Waals surface area contributed by atoms with Crippen LogP contribution in [-0.4, -0.2) is 59.3 Å². The molecule has 1 saturated heterocycles. The maximum absolute atomic E-state index is 14.2. The summed E-state index contributed by atoms with van der Waals surface area (Å²) in [4.78, 5) is 28.3. The van der Waals surface area contributed by atoms with Crippen LogP contribution in [-0.2, 0) is 15.1 Å². The Morgan fingerprint density at radius 3 is 2.80 bits per heavy atom. The minimum atomic E-state index is -4.97. The summed E-state index contributed by atoms with van der Waals surface area (Å²) in [6.45, 7) is 1.69. The average Bonchev–Trinajstić information content (AvgIpc) is 3.50. The van der Waals surface area contributed by atoms with Gasteiger partial charge in [-0.25, -0.2) is 9.59 Å². The number of anilines is 2. The van der Waals surface area contributed by atoms with Gasteiger partial charge in [0.2, 0.25) is 0 Å². The second-order valence-corrected chi connectivity index (χ2v) is 10.7. The van der Waals surface area contributed by atoms with Crippen LogP contribution in [0.15, 0.2) is 35.3 Å². The first-order chi connectivity index (χ1) is 19.6. The fourth-order valence-electron chi connectivity index (χ4n) is 4.94. The van der Waals surface area contributed by atoms with E-state index in [9.17, 15) is 27.9 Å². The highest BCUT2D eigenvalue weighted by atomic mass is 35.5. The summed E-state index contributed by atoms with van der Waals surface area (Å²) >= 11 is 5.94. The molecule has 0 bridgehead atoms. The first-order valence-electron chi connectivity index (χ1n) is 13.3. The normalized spacial score (nSPS) is 26.8. The largest absolute Gasteiger partial charge is 0.445 e. The van der Waals surface area contributed by atoms with Crippen LogP contribution >= 0.6 is 11.6 Å². The Balaban J connectivity index is 1.08. The minimum absolute atomic E-state index is 0.0460. The zero-order chi connectivity index (χ0) is 29.2. The number of nitrogens with one attached hydrogen (secondary N) is 3. The van der Waals surface area contributed by atoms with Crippen molar-refractivity contribution >= 4 is 29.2 Å². The van der Waals surface area contributed by atoms with Gasteiger partial charge in [-0.3, -0.25) is 9.88 Å². The summed E-state index contributed by atoms with van der Waals surface area (Å²) < 4.78 is 54.5. The number of nitrogens with zero attached hydrogens (tertiary/aromatic N) is 2. The molecule has 2 aromatic rings. The van der Waals surface area contributed by atoms with Crippen molar-refractivity contribution in [3.63, 3.8) is 0 Å². The van der Waals surface area contributed by atoms with Crippen molar-refractivity contribution in [2.75, 3.05) is 36.9 Å². The third-order valence-corrected chi connectivity index (χ3v) is 7.51. The first kappa shape index (κ1) is 29.2. The summed E-state index contributed by atoms with van der Waals surface area (Å²) in [7, 11) is 0. The van der Waals surface area contributed by atoms with Crippen LogP contribution in [0.3, 0.4) is 0 Å². The molecule has 1 aliphatic carbocycles. The van der Waals surface area contributed by atoms with Crippen LogP contribution in [0.5, 0.6) is 0 Å². The topological polar surface area (TPSA) is 127 Å². The Morgan fingerprint density at radius 1 is 1.24 bits per heavy atom. The van der Waals surface area contributed by atoms with Crippen LogP contribution in [0, 0.1) is 23.7 Å². The Hall–Kier alpha value is -3.31. The van der Waals surface area contributed by atoms with E-state index in [-0.39, 0.29) is 40.8 Å². The Kier molecular flexibility index (Phi) is 8.47. The molecule has 4 N–H and O–H groups in total. The van der Waals surface area contributed by atoms with Crippen molar-refractivity contribution in [2.24, 2.45) is 11.8 Å². The SMILES string of the molecule is O=C1Nc2ccc(Cl)cc2C(C#CC2CC2CNCCCNc2ccn([C@H]3CC[C@@H](CO)O3)c(=O)n2)(C(F)(F)F)O1. The number of hydrogen-bond donors (Lipinski definition) is 4. The number of rotatable bonds is 9. The van der Waals surface area contributed by atoms with Gasteiger partial charge in [0.05, 0.1) is 18.4 Å². The van der Waals surface area contributed by atoms with Crippen molar-refractivity contribution in [1.29, 1.82) is 0 Å². The quantitative estimate of drug-likeness (QED) is 0.256. The number of fused-ring (bicyclic) bond motifs is 1. The molecule has 1 aromatic heterocycles. The molecule has 1 amide bonds. The van der Waals surface area contributed by atoms with Crippen LogP contribution in [0.25, 0.3) is 0 Å². The monoisotopic (exact) mass is 595 g/mol. The molecular formula is C27H29ClF3N5O5. The fraction of sp³-hybridized carbons (Fsp3) is 0.519. The number of cyclic esters (lactones) is 1. The summed E-state index contributed by atoms with van der Waals surface area (Å²) in [6.07, 6.45) is -2.61. The fourth-order valence-corrected chi connectivity index (χ4v) is 5.11. The van der Waals surface area contributed by atoms with Gasteiger partial charge >= 0.3 is 18.0 Å². The molecule has 5 atom stereocenters. The molecule has 1 aromatic carbocycles. The number of carbonyl (C=O) groups is 1. The Bertz CT molecular complexity index is 1410. The van der Waals surface area contributed by atoms with Crippen LogP contribution < -0.4 is 21.6 Å². The lowest BCUT2D eigenvalue weighted by Gasteiger charge is -2.35. The van der Waals surface area contributed by atoms with E-state index >= 15 is 0 Å². The maximum atomic E-state index is 14.2. The minimum Gasteiger partial charge on any atom is -0.415 e. The molecule has 0 spiro atoms. The van der Waals surface area contributed by atoms with E-state index in [1.807, 2.05) is 0 Å². The van der Waals surface area contributed by atoms with Crippen LogP contribution in [0.2, 0.25) is 5.02 Å². The summed E-state index contributed by atoms with van der Waals surface area (Å²) in [6, 6.07) is 5.47. The number of hydrogen-bond acceptors (Lipinski definition) is 8. The van der Waals surface area contributed by atoms with Crippen molar-refractivity contribution in [2.45, 2.75) is 49.8 Å². The molecule has 220 valence electrons. The molecule has 41 heavy (non-hydrogen) atoms. The number of carbonyl (C=O) groups excluding carboxylic acids is 1. The van der Waals surface area contributed by atoms with E-state index in [1.54, 1.807) is 12.3 Å². The van der Waals surface area contributed by atoms with Gasteiger partial charge < -0.3 is 25.2 Å². The molecule has 1 saturated carbocycles. The van der Waals surface area contributed by atoms with Gasteiger partial charge in [-0.1, -0.05) is 17.5 Å². The van der Waals surface area contributed by atoms with Gasteiger partial charge in [-0.05, 0) is 74.9 Å². The van der Waals surface area contributed by atoms with Gasteiger partial charge in [0.1, 0.15) is 12.0 Å². The smallest absolute Gasteiger partial charge is 0.415 e. The van der Waals surface area contributed by atoms with E-state index in [4.69, 9.17) is 21.1 Å². The molecule has 2 aliphatic heterocycles. The van der Waals surface area contributed by atoms with E-state index in [0.29, 0.717) is 44.7 Å². The number of benzene rings is 1. The molecular weight excluding hydrogens is 567 g/mol. The summed E-state index contributed by atoms with van der Waals surface area (Å²) in [5.74, 6) is 5.18. The summed E-state index contributed by atoms with van der Waals surface area (Å²) in [5.41, 5.74) is -3.92. The van der Waals surface area contributed by atoms with E-state index < -0.39 is 29.8 Å². The predicted molar refractivity (Wildman–Crippen MR) is 143 cm³/mol. The predicted octanol–water partition coefficient (Wildman–Crippen LogP) is 3.62. The number of ether oxygens (including phenoxy) is 2. The Labute approximate surface area is 238 Å². The third kappa shape index (κ3) is 6.46. The standard InChI is InChI=1S/C27H29ClF3N5O5/c28-18-2-4-21-20(13-18)26(27(29,30)31,41-25(39)34-21)8-6-16-12-17(16)14-32-9-1-10-33-22-7-11-36(24(38)35-22)23-5-3-19(15-37)40-23/h2,4,7,11,13,16-17,19,23,32,37H,1,3,5,9-10,12,14-15H2,(H,34,39)(H,33,35,38)/t16?,17?,19-,23+,26?/m0/s1. The van der Waals surface area contributed by atoms with E-state index in [1.165, 1.54) is 16.7 Å². The number of halogens is 4. The van der Waals surface area contributed by atoms with Gasteiger partial charge in [0, 0.05) is 29.2 Å². The maximum Gasteiger partial charge on any atom is 0.445 e. The number of amides is 1. The molecule has 10 nitrogen and oxygen atoms in total. The van der Waals surface area contributed by atoms with Crippen molar-refractivity contribution < 1.29 is 32.5 Å². The van der Waals surface area contributed by atoms with Gasteiger partial charge in [0.15, 0.2) is 0 Å². The highest BCUT2D eigenvalue weighted by Gasteiger charge is 2.62. The highest BCUT2D eigenvalue weighted by Crippen LogP contribution is 2.48. The molecule has 0 radical (unpaired) electrons. The first-order valence-corrected chi connectivity index (χ1v) is 13.7. The third-order valence-electron chi connectivity index (χ3n) is 7.27. The van der Waals surface area contributed by atoms with Crippen LogP contribution in [0.4, 0.5) is 29.5 Å². The second-order valence-electron chi connectivity index (χ2n) is 10.2. The lowest BCUT2D eigenvalue weighted by molar-refractivity contribution is -0.239. The zero-order valence-electron chi connectivity index (χ0n) is 21.8. The van der Waals surface area contributed by atoms with Crippen molar-refractivity contribution in [3.8, 4) is 11.8 Å². The highest BCUT2D eigenvalue weighted by molar-refractivity contribution is 6.30. The zero-order valence-corrected chi connectivity index (χ0v) is 22.6. The molecule has 2 fully saturated rings. The molecule has 3 heterocycles. The number of aliphatic hydroxyl groups excluding tert-OH is 1. The average molecular weight is 596 g/mol. The number of aliphatic hydroxyl groups is 1. The van der Waals surface area contributed by atoms with Crippen molar-refractivity contribution in [1.82, 2.24) is 14.9 Å². The lowest BCUT2D eigenvalue weighted by Crippen LogP contribution is -2.49. The lowest BCUT2D eigenvalue weighted by atomic mass is 9.90. The van der Waals surface area contributed by atoms with Gasteiger partial charge in [-0.15, -0.1) is 0 Å². The Morgan fingerprint density at radius 2 is 2.07 bits per heavy atom. The number of aromatic nitrogens is 2. The van der Waals surface area contributed by atoms with Crippen LogP contribution in [0.1, 0.15) is 37.5 Å². The van der Waals surface area contributed by atoms with Gasteiger partial charge in [0.25, 0.3) is 5.60 Å². The molecule has 3 aliphatic rings. The molecule has 3 unspecified atom stereocenters. The van der Waals surface area contributed by atoms with E-state index in [2.05, 4.69) is 32.8 Å².